The summed E-state index contributed by atoms with van der Waals surface area (Å²) in [5.74, 6) is 1.10. The van der Waals surface area contributed by atoms with E-state index in [1.165, 1.54) is 5.56 Å². The van der Waals surface area contributed by atoms with Crippen LogP contribution in [-0.2, 0) is 24.2 Å². The molecule has 0 bridgehead atoms. The van der Waals surface area contributed by atoms with Crippen molar-refractivity contribution in [1.29, 1.82) is 5.26 Å². The molecule has 0 atom stereocenters. The van der Waals surface area contributed by atoms with E-state index in [1.54, 1.807) is 0 Å². The molecule has 1 aromatic carbocycles. The fraction of sp³-hybridized carbons (Fsp3) is 0.435. The number of benzene rings is 1. The van der Waals surface area contributed by atoms with Gasteiger partial charge in [0.1, 0.15) is 11.8 Å². The van der Waals surface area contributed by atoms with Crippen molar-refractivity contribution in [2.24, 2.45) is 0 Å². The minimum Gasteiger partial charge on any atom is -0.494 e. The predicted octanol–water partition coefficient (Wildman–Crippen LogP) is 3.88. The molecule has 0 aliphatic carbocycles. The van der Waals surface area contributed by atoms with Gasteiger partial charge in [0, 0.05) is 25.7 Å². The van der Waals surface area contributed by atoms with Gasteiger partial charge in [-0.2, -0.15) is 5.26 Å². The fourth-order valence-electron chi connectivity index (χ4n) is 3.80. The van der Waals surface area contributed by atoms with Gasteiger partial charge in [-0.1, -0.05) is 12.1 Å². The average Bonchev–Trinajstić information content (AvgIpc) is 2.69. The lowest BCUT2D eigenvalue weighted by Crippen LogP contribution is -2.36. The molecule has 0 saturated heterocycles. The van der Waals surface area contributed by atoms with Gasteiger partial charge in [0.2, 0.25) is 5.91 Å². The van der Waals surface area contributed by atoms with Crippen LogP contribution < -0.4 is 4.74 Å². The Morgan fingerprint density at radius 1 is 1.36 bits per heavy atom. The van der Waals surface area contributed by atoms with Crippen LogP contribution >= 0.6 is 0 Å². The lowest BCUT2D eigenvalue weighted by atomic mass is 9.95. The first-order valence-electron chi connectivity index (χ1n) is 9.91. The first-order chi connectivity index (χ1) is 13.5. The number of carbonyl (C=O) groups excluding carboxylic acids is 1. The number of pyridine rings is 1. The second-order valence-corrected chi connectivity index (χ2v) is 7.29. The molecule has 0 N–H and O–H groups in total. The normalized spacial score (nSPS) is 13.0. The van der Waals surface area contributed by atoms with Crippen molar-refractivity contribution in [2.75, 3.05) is 13.2 Å². The number of aryl methyl sites for hydroxylation is 3. The Hall–Kier alpha value is -2.87. The number of hydrogen-bond acceptors (Lipinski definition) is 4. The highest BCUT2D eigenvalue weighted by atomic mass is 16.5. The summed E-state index contributed by atoms with van der Waals surface area (Å²) in [7, 11) is 0. The zero-order valence-corrected chi connectivity index (χ0v) is 16.9. The van der Waals surface area contributed by atoms with Gasteiger partial charge in [-0.25, -0.2) is 0 Å². The van der Waals surface area contributed by atoms with Crippen LogP contribution in [0.1, 0.15) is 53.3 Å². The molecule has 146 valence electrons. The van der Waals surface area contributed by atoms with Crippen LogP contribution in [0.4, 0.5) is 0 Å². The second kappa shape index (κ2) is 8.88. The smallest absolute Gasteiger partial charge is 0.222 e. The SMILES string of the molecule is CCOc1ccc(CCCC(=O)N2CCc3c(cnc(C)c3C#N)C2)cc1C. The lowest BCUT2D eigenvalue weighted by Gasteiger charge is -2.29. The summed E-state index contributed by atoms with van der Waals surface area (Å²) in [6.45, 7) is 7.79. The first-order valence-corrected chi connectivity index (χ1v) is 9.91. The van der Waals surface area contributed by atoms with Crippen molar-refractivity contribution in [3.05, 3.63) is 57.9 Å². The summed E-state index contributed by atoms with van der Waals surface area (Å²) in [6.07, 6.45) is 4.78. The zero-order valence-electron chi connectivity index (χ0n) is 16.9. The van der Waals surface area contributed by atoms with Gasteiger partial charge < -0.3 is 9.64 Å². The Labute approximate surface area is 167 Å². The molecule has 2 heterocycles. The second-order valence-electron chi connectivity index (χ2n) is 7.29. The third-order valence-electron chi connectivity index (χ3n) is 5.32. The molecule has 5 heteroatoms. The Bertz CT molecular complexity index is 915. The maximum Gasteiger partial charge on any atom is 0.222 e. The Morgan fingerprint density at radius 3 is 2.89 bits per heavy atom. The van der Waals surface area contributed by atoms with Gasteiger partial charge in [0.05, 0.1) is 17.9 Å². The number of nitrogens with zero attached hydrogens (tertiary/aromatic N) is 3. The summed E-state index contributed by atoms with van der Waals surface area (Å²) in [6, 6.07) is 8.50. The van der Waals surface area contributed by atoms with Crippen LogP contribution in [0.5, 0.6) is 5.75 Å². The van der Waals surface area contributed by atoms with Gasteiger partial charge in [0.25, 0.3) is 0 Å². The topological polar surface area (TPSA) is 66.2 Å². The standard InChI is InChI=1S/C23H27N3O2/c1-4-28-22-9-8-18(12-16(22)2)6-5-7-23(27)26-11-10-20-19(15-26)14-25-17(3)21(20)13-24/h8-9,12,14H,4-7,10-11,15H2,1-3H3. The molecule has 0 saturated carbocycles. The van der Waals surface area contributed by atoms with E-state index in [9.17, 15) is 10.1 Å². The van der Waals surface area contributed by atoms with E-state index in [4.69, 9.17) is 4.74 Å². The largest absolute Gasteiger partial charge is 0.494 e. The zero-order chi connectivity index (χ0) is 20.1. The lowest BCUT2D eigenvalue weighted by molar-refractivity contribution is -0.132. The predicted molar refractivity (Wildman–Crippen MR) is 108 cm³/mol. The minimum absolute atomic E-state index is 0.174. The van der Waals surface area contributed by atoms with Gasteiger partial charge >= 0.3 is 0 Å². The first kappa shape index (κ1) is 19.9. The van der Waals surface area contributed by atoms with Crippen LogP contribution in [0.15, 0.2) is 24.4 Å². The van der Waals surface area contributed by atoms with E-state index in [-0.39, 0.29) is 5.91 Å². The van der Waals surface area contributed by atoms with Gasteiger partial charge in [-0.05, 0) is 68.4 Å². The maximum absolute atomic E-state index is 12.6. The molecule has 5 nitrogen and oxygen atoms in total. The summed E-state index contributed by atoms with van der Waals surface area (Å²) in [5.41, 5.74) is 5.88. The van der Waals surface area contributed by atoms with Crippen molar-refractivity contribution in [2.45, 2.75) is 53.0 Å². The summed E-state index contributed by atoms with van der Waals surface area (Å²) < 4.78 is 5.58. The highest BCUT2D eigenvalue weighted by molar-refractivity contribution is 5.76. The molecule has 0 spiro atoms. The van der Waals surface area contributed by atoms with Crippen LogP contribution in [0.25, 0.3) is 0 Å². The Morgan fingerprint density at radius 2 is 2.18 bits per heavy atom. The summed E-state index contributed by atoms with van der Waals surface area (Å²) in [5, 5.41) is 9.36. The van der Waals surface area contributed by atoms with Gasteiger partial charge in [-0.15, -0.1) is 0 Å². The number of amides is 1. The van der Waals surface area contributed by atoms with Crippen LogP contribution in [0.3, 0.4) is 0 Å². The van der Waals surface area contributed by atoms with Gasteiger partial charge in [-0.3, -0.25) is 9.78 Å². The third-order valence-corrected chi connectivity index (χ3v) is 5.32. The minimum atomic E-state index is 0.174. The molecule has 1 amide bonds. The molecule has 3 rings (SSSR count). The monoisotopic (exact) mass is 377 g/mol. The number of carbonyl (C=O) groups is 1. The number of rotatable bonds is 6. The summed E-state index contributed by atoms with van der Waals surface area (Å²) >= 11 is 0. The molecule has 0 radical (unpaired) electrons. The van der Waals surface area contributed by atoms with Crippen molar-refractivity contribution < 1.29 is 9.53 Å². The van der Waals surface area contributed by atoms with E-state index in [2.05, 4.69) is 30.1 Å². The number of aromatic nitrogens is 1. The van der Waals surface area contributed by atoms with Crippen molar-refractivity contribution in [3.63, 3.8) is 0 Å². The fourth-order valence-corrected chi connectivity index (χ4v) is 3.80. The molecule has 1 aliphatic heterocycles. The van der Waals surface area contributed by atoms with E-state index in [0.717, 1.165) is 47.4 Å². The molecular formula is C23H27N3O2. The van der Waals surface area contributed by atoms with Crippen LogP contribution in [0.2, 0.25) is 0 Å². The van der Waals surface area contributed by atoms with E-state index in [0.29, 0.717) is 31.7 Å². The van der Waals surface area contributed by atoms with Crippen LogP contribution in [-0.4, -0.2) is 28.9 Å². The summed E-state index contributed by atoms with van der Waals surface area (Å²) in [4.78, 5) is 18.9. The number of hydrogen-bond donors (Lipinski definition) is 0. The van der Waals surface area contributed by atoms with E-state index >= 15 is 0 Å². The number of nitriles is 1. The van der Waals surface area contributed by atoms with Crippen molar-refractivity contribution in [1.82, 2.24) is 9.88 Å². The molecule has 0 fully saturated rings. The van der Waals surface area contributed by atoms with Crippen LogP contribution in [0, 0.1) is 25.2 Å². The van der Waals surface area contributed by atoms with Crippen molar-refractivity contribution in [3.8, 4) is 11.8 Å². The maximum atomic E-state index is 12.6. The Balaban J connectivity index is 1.55. The molecule has 2 aromatic rings. The molecule has 0 unspecified atom stereocenters. The van der Waals surface area contributed by atoms with E-state index < -0.39 is 0 Å². The van der Waals surface area contributed by atoms with Crippen molar-refractivity contribution >= 4 is 5.91 Å². The third kappa shape index (κ3) is 4.33. The van der Waals surface area contributed by atoms with E-state index in [1.807, 2.05) is 31.0 Å². The number of fused-ring (bicyclic) bond motifs is 1. The quantitative estimate of drug-likeness (QED) is 0.766. The van der Waals surface area contributed by atoms with Gasteiger partial charge in [0.15, 0.2) is 0 Å². The molecular weight excluding hydrogens is 350 g/mol. The average molecular weight is 377 g/mol. The highest BCUT2D eigenvalue weighted by Crippen LogP contribution is 2.24. The Kier molecular flexibility index (Phi) is 6.30. The molecule has 1 aromatic heterocycles. The molecule has 1 aliphatic rings. The molecule has 28 heavy (non-hydrogen) atoms. The highest BCUT2D eigenvalue weighted by Gasteiger charge is 2.23. The number of ether oxygens (including phenoxy) is 1.